The highest BCUT2D eigenvalue weighted by Gasteiger charge is 2.24. The Labute approximate surface area is 159 Å². The van der Waals surface area contributed by atoms with Gasteiger partial charge in [-0.3, -0.25) is 4.79 Å². The van der Waals surface area contributed by atoms with Crippen LogP contribution in [0.2, 0.25) is 0 Å². The van der Waals surface area contributed by atoms with Gasteiger partial charge in [-0.25, -0.2) is 4.98 Å². The Morgan fingerprint density at radius 2 is 2.07 bits per heavy atom. The minimum absolute atomic E-state index is 0.0616. The molecule has 1 aromatic heterocycles. The molecule has 1 saturated carbocycles. The van der Waals surface area contributed by atoms with E-state index in [1.807, 2.05) is 12.1 Å². The highest BCUT2D eigenvalue weighted by Crippen LogP contribution is 2.22. The number of benzene rings is 1. The molecule has 4 N–H and O–H groups in total. The number of fused-ring (bicyclic) bond motifs is 1. The van der Waals surface area contributed by atoms with Crippen LogP contribution >= 0.6 is 0 Å². The zero-order chi connectivity index (χ0) is 18.6. The lowest BCUT2D eigenvalue weighted by molar-refractivity contribution is 0.0870. The topological polar surface area (TPSA) is 86.3 Å². The van der Waals surface area contributed by atoms with Gasteiger partial charge in [-0.1, -0.05) is 24.3 Å². The van der Waals surface area contributed by atoms with Crippen molar-refractivity contribution in [2.75, 3.05) is 11.9 Å². The van der Waals surface area contributed by atoms with Gasteiger partial charge in [-0.15, -0.1) is 0 Å². The van der Waals surface area contributed by atoms with Crippen LogP contribution in [0, 0.1) is 0 Å². The van der Waals surface area contributed by atoms with Crippen LogP contribution in [0.15, 0.2) is 42.6 Å². The molecule has 4 rings (SSSR count). The maximum Gasteiger partial charge on any atom is 0.251 e. The van der Waals surface area contributed by atoms with E-state index < -0.39 is 6.10 Å². The number of pyridine rings is 1. The van der Waals surface area contributed by atoms with Gasteiger partial charge in [0.25, 0.3) is 5.91 Å². The number of nitrogens with zero attached hydrogens (tertiary/aromatic N) is 1. The summed E-state index contributed by atoms with van der Waals surface area (Å²) in [4.78, 5) is 16.7. The summed E-state index contributed by atoms with van der Waals surface area (Å²) in [7, 11) is 0. The van der Waals surface area contributed by atoms with Crippen LogP contribution in [0.25, 0.3) is 0 Å². The van der Waals surface area contributed by atoms with Gasteiger partial charge in [0.2, 0.25) is 0 Å². The summed E-state index contributed by atoms with van der Waals surface area (Å²) < 4.78 is 0. The fraction of sp³-hybridized carbons (Fsp3) is 0.429. The average molecular weight is 366 g/mol. The molecule has 0 saturated heterocycles. The molecule has 0 spiro atoms. The van der Waals surface area contributed by atoms with E-state index in [2.05, 4.69) is 33.1 Å². The number of aromatic nitrogens is 1. The first kappa shape index (κ1) is 17.9. The number of aliphatic hydroxyl groups is 1. The minimum atomic E-state index is -0.642. The SMILES string of the molecule is O=C(NC[C@@H](O)[C@@H]1Cc2ccccc2CN1)c1ccnc(NC2CCC2)c1. The summed E-state index contributed by atoms with van der Waals surface area (Å²) in [6, 6.07) is 12.1. The van der Waals surface area contributed by atoms with Gasteiger partial charge in [0.1, 0.15) is 5.82 Å². The van der Waals surface area contributed by atoms with Crippen molar-refractivity contribution in [1.82, 2.24) is 15.6 Å². The molecule has 0 radical (unpaired) electrons. The lowest BCUT2D eigenvalue weighted by Gasteiger charge is -2.30. The molecule has 1 aliphatic heterocycles. The van der Waals surface area contributed by atoms with E-state index in [4.69, 9.17) is 0 Å². The fourth-order valence-electron chi connectivity index (χ4n) is 3.61. The van der Waals surface area contributed by atoms with Gasteiger partial charge < -0.3 is 21.1 Å². The number of carbonyl (C=O) groups is 1. The molecular weight excluding hydrogens is 340 g/mol. The van der Waals surface area contributed by atoms with E-state index in [1.165, 1.54) is 17.5 Å². The molecule has 2 aliphatic rings. The first-order chi connectivity index (χ1) is 13.2. The summed E-state index contributed by atoms with van der Waals surface area (Å²) in [5.41, 5.74) is 3.08. The Bertz CT molecular complexity index is 806. The Morgan fingerprint density at radius 1 is 1.26 bits per heavy atom. The lowest BCUT2D eigenvalue weighted by Crippen LogP contribution is -2.49. The van der Waals surface area contributed by atoms with Gasteiger partial charge in [-0.05, 0) is 48.9 Å². The number of aliphatic hydroxyl groups excluding tert-OH is 1. The maximum absolute atomic E-state index is 12.5. The Balaban J connectivity index is 1.30. The van der Waals surface area contributed by atoms with E-state index in [0.717, 1.165) is 31.6 Å². The molecule has 1 aliphatic carbocycles. The van der Waals surface area contributed by atoms with Gasteiger partial charge >= 0.3 is 0 Å². The molecule has 0 bridgehead atoms. The van der Waals surface area contributed by atoms with Crippen LogP contribution in [0.1, 0.15) is 40.7 Å². The lowest BCUT2D eigenvalue weighted by atomic mass is 9.93. The fourth-order valence-corrected chi connectivity index (χ4v) is 3.61. The maximum atomic E-state index is 12.5. The molecule has 2 atom stereocenters. The molecule has 1 fully saturated rings. The van der Waals surface area contributed by atoms with Crippen LogP contribution in [0.5, 0.6) is 0 Å². The second-order valence-corrected chi connectivity index (χ2v) is 7.44. The Hall–Kier alpha value is -2.44. The summed E-state index contributed by atoms with van der Waals surface area (Å²) in [6.45, 7) is 0.957. The van der Waals surface area contributed by atoms with Gasteiger partial charge in [0.15, 0.2) is 0 Å². The van der Waals surface area contributed by atoms with E-state index >= 15 is 0 Å². The summed E-state index contributed by atoms with van der Waals surface area (Å²) in [5.74, 6) is 0.544. The Morgan fingerprint density at radius 3 is 2.85 bits per heavy atom. The van der Waals surface area contributed by atoms with Crippen LogP contribution in [0.4, 0.5) is 5.82 Å². The second-order valence-electron chi connectivity index (χ2n) is 7.44. The smallest absolute Gasteiger partial charge is 0.251 e. The number of anilines is 1. The number of amides is 1. The van der Waals surface area contributed by atoms with Crippen molar-refractivity contribution in [2.45, 2.75) is 50.4 Å². The average Bonchev–Trinajstić information content (AvgIpc) is 2.68. The monoisotopic (exact) mass is 366 g/mol. The Kier molecular flexibility index (Phi) is 5.36. The summed E-state index contributed by atoms with van der Waals surface area (Å²) in [5, 5.41) is 20.1. The third-order valence-electron chi connectivity index (χ3n) is 5.53. The molecule has 2 aromatic rings. The van der Waals surface area contributed by atoms with E-state index in [0.29, 0.717) is 11.6 Å². The summed E-state index contributed by atoms with van der Waals surface area (Å²) in [6.07, 6.45) is 5.32. The van der Waals surface area contributed by atoms with Crippen molar-refractivity contribution in [2.24, 2.45) is 0 Å². The second kappa shape index (κ2) is 8.06. The number of nitrogens with one attached hydrogen (secondary N) is 3. The third-order valence-corrected chi connectivity index (χ3v) is 5.53. The van der Waals surface area contributed by atoms with Gasteiger partial charge in [-0.2, -0.15) is 0 Å². The molecule has 142 valence electrons. The van der Waals surface area contributed by atoms with Crippen molar-refractivity contribution in [3.05, 3.63) is 59.3 Å². The summed E-state index contributed by atoms with van der Waals surface area (Å²) >= 11 is 0. The van der Waals surface area contributed by atoms with Crippen molar-refractivity contribution in [1.29, 1.82) is 0 Å². The molecule has 0 unspecified atom stereocenters. The van der Waals surface area contributed by atoms with Crippen LogP contribution in [0.3, 0.4) is 0 Å². The van der Waals surface area contributed by atoms with Crippen LogP contribution in [-0.2, 0) is 13.0 Å². The predicted molar refractivity (Wildman–Crippen MR) is 105 cm³/mol. The largest absolute Gasteiger partial charge is 0.390 e. The molecule has 6 heteroatoms. The molecule has 1 aromatic carbocycles. The van der Waals surface area contributed by atoms with E-state index in [1.54, 1.807) is 18.3 Å². The molecular formula is C21H26N4O2. The highest BCUT2D eigenvalue weighted by atomic mass is 16.3. The minimum Gasteiger partial charge on any atom is -0.390 e. The van der Waals surface area contributed by atoms with Gasteiger partial charge in [0, 0.05) is 36.9 Å². The predicted octanol–water partition coefficient (Wildman–Crippen LogP) is 1.85. The molecule has 1 amide bonds. The first-order valence-electron chi connectivity index (χ1n) is 9.68. The number of hydrogen-bond donors (Lipinski definition) is 4. The van der Waals surface area contributed by atoms with Crippen molar-refractivity contribution >= 4 is 11.7 Å². The van der Waals surface area contributed by atoms with Crippen molar-refractivity contribution < 1.29 is 9.90 Å². The van der Waals surface area contributed by atoms with Crippen molar-refractivity contribution in [3.8, 4) is 0 Å². The van der Waals surface area contributed by atoms with E-state index in [-0.39, 0.29) is 18.5 Å². The molecule has 27 heavy (non-hydrogen) atoms. The van der Waals surface area contributed by atoms with Crippen LogP contribution in [-0.4, -0.2) is 40.7 Å². The van der Waals surface area contributed by atoms with Gasteiger partial charge in [0.05, 0.1) is 6.10 Å². The normalized spacial score (nSPS) is 20.3. The first-order valence-corrected chi connectivity index (χ1v) is 9.68. The number of hydrogen-bond acceptors (Lipinski definition) is 5. The third kappa shape index (κ3) is 4.28. The van der Waals surface area contributed by atoms with E-state index in [9.17, 15) is 9.90 Å². The quantitative estimate of drug-likeness (QED) is 0.627. The van der Waals surface area contributed by atoms with Crippen LogP contribution < -0.4 is 16.0 Å². The zero-order valence-corrected chi connectivity index (χ0v) is 15.3. The zero-order valence-electron chi connectivity index (χ0n) is 15.3. The number of carbonyl (C=O) groups excluding carboxylic acids is 1. The molecule has 2 heterocycles. The molecule has 6 nitrogen and oxygen atoms in total. The highest BCUT2D eigenvalue weighted by molar-refractivity contribution is 5.94. The number of rotatable bonds is 6. The standard InChI is InChI=1S/C21H26N4O2/c26-19(18-10-14-4-1-2-5-16(14)12-23-18)13-24-21(27)15-8-9-22-20(11-15)25-17-6-3-7-17/h1-2,4-5,8-9,11,17-19,23,26H,3,6-7,10,12-13H2,(H,22,25)(H,24,27)/t18-,19+/m0/s1. The van der Waals surface area contributed by atoms with Crippen molar-refractivity contribution in [3.63, 3.8) is 0 Å².